The summed E-state index contributed by atoms with van der Waals surface area (Å²) >= 11 is 0. The molecule has 1 aromatic rings. The van der Waals surface area contributed by atoms with Gasteiger partial charge in [0.25, 0.3) is 0 Å². The summed E-state index contributed by atoms with van der Waals surface area (Å²) in [4.78, 5) is 13.3. The molecule has 2 N–H and O–H groups in total. The molecule has 142 valence electrons. The zero-order chi connectivity index (χ0) is 18.1. The standard InChI is InChI=1S/C20H26O6/c1-11-7-16-20(10-21)13(17(22)26-16)3-2-4-15(20)19(11)8-14(25-18(19)23)12-5-6-24-9-12/h5-6,9,11,13-17,21-22H,2-4,7-8,10H2,1H3. The van der Waals surface area contributed by atoms with Crippen LogP contribution in [-0.2, 0) is 14.3 Å². The number of cyclic esters (lactones) is 1. The highest BCUT2D eigenvalue weighted by Gasteiger charge is 2.73. The van der Waals surface area contributed by atoms with Crippen LogP contribution < -0.4 is 0 Å². The molecule has 8 unspecified atom stereocenters. The predicted octanol–water partition coefficient (Wildman–Crippen LogP) is 2.41. The summed E-state index contributed by atoms with van der Waals surface area (Å²) in [5, 5.41) is 21.0. The maximum absolute atomic E-state index is 13.3. The monoisotopic (exact) mass is 362 g/mol. The fourth-order valence-electron chi connectivity index (χ4n) is 6.82. The van der Waals surface area contributed by atoms with Crippen molar-refractivity contribution in [3.63, 3.8) is 0 Å². The average Bonchev–Trinajstić information content (AvgIpc) is 3.33. The Hall–Kier alpha value is -1.37. The summed E-state index contributed by atoms with van der Waals surface area (Å²) in [7, 11) is 0. The Bertz CT molecular complexity index is 701. The molecule has 6 nitrogen and oxygen atoms in total. The van der Waals surface area contributed by atoms with Gasteiger partial charge in [-0.05, 0) is 37.2 Å². The van der Waals surface area contributed by atoms with Crippen molar-refractivity contribution in [2.45, 2.75) is 57.5 Å². The molecule has 1 spiro atoms. The average molecular weight is 362 g/mol. The number of fused-ring (bicyclic) bond motifs is 1. The molecule has 3 heterocycles. The van der Waals surface area contributed by atoms with E-state index >= 15 is 0 Å². The van der Waals surface area contributed by atoms with Gasteiger partial charge in [0.2, 0.25) is 0 Å². The minimum Gasteiger partial charge on any atom is -0.472 e. The van der Waals surface area contributed by atoms with Crippen LogP contribution in [0.15, 0.2) is 23.0 Å². The smallest absolute Gasteiger partial charge is 0.313 e. The first kappa shape index (κ1) is 16.8. The molecule has 0 radical (unpaired) electrons. The molecule has 0 bridgehead atoms. The highest BCUT2D eigenvalue weighted by atomic mass is 16.6. The zero-order valence-corrected chi connectivity index (χ0v) is 15.0. The van der Waals surface area contributed by atoms with E-state index in [4.69, 9.17) is 13.9 Å². The lowest BCUT2D eigenvalue weighted by Gasteiger charge is -2.58. The van der Waals surface area contributed by atoms with E-state index in [1.54, 1.807) is 12.5 Å². The van der Waals surface area contributed by atoms with Gasteiger partial charge in [-0.1, -0.05) is 13.3 Å². The molecule has 0 amide bonds. The van der Waals surface area contributed by atoms with Gasteiger partial charge in [0.15, 0.2) is 6.29 Å². The Balaban J connectivity index is 1.60. The van der Waals surface area contributed by atoms with Gasteiger partial charge in [0.05, 0.1) is 30.7 Å². The van der Waals surface area contributed by atoms with Gasteiger partial charge in [0, 0.05) is 23.3 Å². The normalized spacial score (nSPS) is 50.0. The Morgan fingerprint density at radius 2 is 2.19 bits per heavy atom. The molecule has 1 aromatic heterocycles. The van der Waals surface area contributed by atoms with Crippen molar-refractivity contribution < 1.29 is 28.9 Å². The Labute approximate surface area is 152 Å². The number of furan rings is 1. The first-order valence-corrected chi connectivity index (χ1v) is 9.71. The van der Waals surface area contributed by atoms with Crippen molar-refractivity contribution in [1.82, 2.24) is 0 Å². The van der Waals surface area contributed by atoms with Crippen LogP contribution in [0.3, 0.4) is 0 Å². The quantitative estimate of drug-likeness (QED) is 0.786. The van der Waals surface area contributed by atoms with Crippen LogP contribution in [0.25, 0.3) is 0 Å². The minimum absolute atomic E-state index is 0.0333. The number of rotatable bonds is 2. The van der Waals surface area contributed by atoms with E-state index in [-0.39, 0.29) is 42.5 Å². The lowest BCUT2D eigenvalue weighted by Crippen LogP contribution is -2.62. The Kier molecular flexibility index (Phi) is 3.59. The van der Waals surface area contributed by atoms with E-state index in [0.29, 0.717) is 12.8 Å². The van der Waals surface area contributed by atoms with Gasteiger partial charge in [0.1, 0.15) is 6.10 Å². The summed E-state index contributed by atoms with van der Waals surface area (Å²) in [6.07, 6.45) is 5.79. The van der Waals surface area contributed by atoms with Crippen LogP contribution in [-0.4, -0.2) is 35.2 Å². The van der Waals surface area contributed by atoms with E-state index in [2.05, 4.69) is 6.92 Å². The molecule has 8 atom stereocenters. The molecular weight excluding hydrogens is 336 g/mol. The summed E-state index contributed by atoms with van der Waals surface area (Å²) in [6.45, 7) is 2.04. The highest BCUT2D eigenvalue weighted by molar-refractivity contribution is 5.80. The number of hydrogen-bond donors (Lipinski definition) is 2. The van der Waals surface area contributed by atoms with Crippen molar-refractivity contribution in [3.05, 3.63) is 24.2 Å². The molecular formula is C20H26O6. The second-order valence-electron chi connectivity index (χ2n) is 8.71. The van der Waals surface area contributed by atoms with Gasteiger partial charge in [-0.2, -0.15) is 0 Å². The van der Waals surface area contributed by atoms with Crippen molar-refractivity contribution >= 4 is 5.97 Å². The lowest BCUT2D eigenvalue weighted by atomic mass is 9.43. The van der Waals surface area contributed by atoms with Gasteiger partial charge in [-0.25, -0.2) is 0 Å². The number of carbonyl (C=O) groups is 1. The van der Waals surface area contributed by atoms with Gasteiger partial charge in [-0.15, -0.1) is 0 Å². The van der Waals surface area contributed by atoms with E-state index in [9.17, 15) is 15.0 Å². The molecule has 2 saturated heterocycles. The SMILES string of the molecule is CC1CC2OC(O)C3CCCC(C14CC(c1ccoc1)OC4=O)C23CO. The van der Waals surface area contributed by atoms with E-state index in [1.165, 1.54) is 0 Å². The van der Waals surface area contributed by atoms with Crippen LogP contribution in [0, 0.1) is 28.6 Å². The first-order chi connectivity index (χ1) is 12.5. The second-order valence-corrected chi connectivity index (χ2v) is 8.71. The summed E-state index contributed by atoms with van der Waals surface area (Å²) in [5.74, 6) is -0.226. The van der Waals surface area contributed by atoms with Crippen molar-refractivity contribution in [3.8, 4) is 0 Å². The largest absolute Gasteiger partial charge is 0.472 e. The molecule has 6 heteroatoms. The Morgan fingerprint density at radius 1 is 1.35 bits per heavy atom. The number of esters is 1. The van der Waals surface area contributed by atoms with Gasteiger partial charge >= 0.3 is 5.97 Å². The third-order valence-electron chi connectivity index (χ3n) is 8.00. The first-order valence-electron chi connectivity index (χ1n) is 9.71. The number of hydrogen-bond acceptors (Lipinski definition) is 6. The van der Waals surface area contributed by atoms with Crippen molar-refractivity contribution in [2.75, 3.05) is 6.61 Å². The fourth-order valence-corrected chi connectivity index (χ4v) is 6.82. The highest BCUT2D eigenvalue weighted by Crippen LogP contribution is 2.69. The molecule has 26 heavy (non-hydrogen) atoms. The lowest BCUT2D eigenvalue weighted by molar-refractivity contribution is -0.185. The topological polar surface area (TPSA) is 89.1 Å². The zero-order valence-electron chi connectivity index (χ0n) is 15.0. The van der Waals surface area contributed by atoms with E-state index < -0.39 is 17.1 Å². The molecule has 4 fully saturated rings. The molecule has 5 rings (SSSR count). The number of aliphatic hydroxyl groups excluding tert-OH is 2. The Morgan fingerprint density at radius 3 is 2.92 bits per heavy atom. The van der Waals surface area contributed by atoms with Crippen LogP contribution in [0.1, 0.15) is 50.7 Å². The van der Waals surface area contributed by atoms with E-state index in [1.807, 2.05) is 6.07 Å². The summed E-state index contributed by atoms with van der Waals surface area (Å²) in [5.41, 5.74) is -0.292. The fraction of sp³-hybridized carbons (Fsp3) is 0.750. The van der Waals surface area contributed by atoms with Gasteiger partial charge in [-0.3, -0.25) is 4.79 Å². The summed E-state index contributed by atoms with van der Waals surface area (Å²) in [6, 6.07) is 1.85. The maximum Gasteiger partial charge on any atom is 0.313 e. The van der Waals surface area contributed by atoms with Crippen LogP contribution in [0.5, 0.6) is 0 Å². The van der Waals surface area contributed by atoms with Gasteiger partial charge < -0.3 is 24.1 Å². The van der Waals surface area contributed by atoms with Crippen LogP contribution in [0.4, 0.5) is 0 Å². The summed E-state index contributed by atoms with van der Waals surface area (Å²) < 4.78 is 16.9. The molecule has 4 aliphatic rings. The molecule has 2 aliphatic heterocycles. The number of ether oxygens (including phenoxy) is 2. The van der Waals surface area contributed by atoms with Crippen LogP contribution >= 0.6 is 0 Å². The maximum atomic E-state index is 13.3. The molecule has 0 aromatic carbocycles. The minimum atomic E-state index is -0.848. The number of aliphatic hydroxyl groups is 2. The van der Waals surface area contributed by atoms with Crippen molar-refractivity contribution in [2.24, 2.45) is 28.6 Å². The van der Waals surface area contributed by atoms with Crippen LogP contribution in [0.2, 0.25) is 0 Å². The number of carbonyl (C=O) groups excluding carboxylic acids is 1. The third-order valence-corrected chi connectivity index (χ3v) is 8.00. The molecule has 2 aliphatic carbocycles. The van der Waals surface area contributed by atoms with Crippen molar-refractivity contribution in [1.29, 1.82) is 0 Å². The van der Waals surface area contributed by atoms with E-state index in [0.717, 1.165) is 24.8 Å². The second kappa shape index (κ2) is 5.57. The third kappa shape index (κ3) is 1.85. The predicted molar refractivity (Wildman–Crippen MR) is 89.6 cm³/mol. The molecule has 2 saturated carbocycles.